The second-order valence-electron chi connectivity index (χ2n) is 8.39. The van der Waals surface area contributed by atoms with Crippen LogP contribution in [0.3, 0.4) is 0 Å². The number of nitrogens with one attached hydrogen (secondary N) is 4. The van der Waals surface area contributed by atoms with Crippen LogP contribution in [-0.2, 0) is 16.0 Å². The van der Waals surface area contributed by atoms with Gasteiger partial charge in [-0.25, -0.2) is 9.59 Å². The van der Waals surface area contributed by atoms with E-state index in [0.29, 0.717) is 28.5 Å². The first kappa shape index (κ1) is 26.3. The fourth-order valence-electron chi connectivity index (χ4n) is 3.50. The number of benzene rings is 2. The fraction of sp³-hybridized carbons (Fsp3) is 0.360. The second-order valence-corrected chi connectivity index (χ2v) is 8.39. The van der Waals surface area contributed by atoms with E-state index < -0.39 is 18.1 Å². The summed E-state index contributed by atoms with van der Waals surface area (Å²) in [7, 11) is 1.44. The van der Waals surface area contributed by atoms with Crippen LogP contribution in [-0.4, -0.2) is 61.4 Å². The Morgan fingerprint density at radius 3 is 2.61 bits per heavy atom. The van der Waals surface area contributed by atoms with E-state index >= 15 is 0 Å². The van der Waals surface area contributed by atoms with Crippen molar-refractivity contribution in [3.05, 3.63) is 53.6 Å². The number of amides is 2. The van der Waals surface area contributed by atoms with E-state index in [9.17, 15) is 19.5 Å². The number of hydrogen-bond acceptors (Lipinski definition) is 8. The number of carbonyl (C=O) groups excluding carboxylic acids is 2. The van der Waals surface area contributed by atoms with Crippen molar-refractivity contribution in [3.8, 4) is 5.75 Å². The van der Waals surface area contributed by atoms with Crippen molar-refractivity contribution in [1.82, 2.24) is 10.6 Å². The van der Waals surface area contributed by atoms with Crippen molar-refractivity contribution < 1.29 is 29.0 Å². The maximum absolute atomic E-state index is 12.9. The highest BCUT2D eigenvalue weighted by atomic mass is 16.6. The average molecular weight is 498 g/mol. The lowest BCUT2D eigenvalue weighted by Gasteiger charge is -2.18. The van der Waals surface area contributed by atoms with Crippen LogP contribution < -0.4 is 26.0 Å². The smallest absolute Gasteiger partial charge is 0.408 e. The monoisotopic (exact) mass is 497 g/mol. The molecule has 36 heavy (non-hydrogen) atoms. The molecule has 0 bridgehead atoms. The highest BCUT2D eigenvalue weighted by Crippen LogP contribution is 2.25. The Balaban J connectivity index is 1.68. The molecule has 11 nitrogen and oxygen atoms in total. The number of carbonyl (C=O) groups is 3. The molecule has 1 aliphatic rings. The minimum Gasteiger partial charge on any atom is -0.496 e. The molecule has 11 heteroatoms. The summed E-state index contributed by atoms with van der Waals surface area (Å²) in [5.41, 5.74) is 2.18. The topological polar surface area (TPSA) is 150 Å². The maximum atomic E-state index is 12.9. The van der Waals surface area contributed by atoms with Gasteiger partial charge in [-0.1, -0.05) is 12.1 Å². The Labute approximate surface area is 209 Å². The number of carboxylic acids is 1. The number of guanidine groups is 1. The highest BCUT2D eigenvalue weighted by Gasteiger charge is 2.23. The Hall–Kier alpha value is -4.28. The second kappa shape index (κ2) is 12.4. The summed E-state index contributed by atoms with van der Waals surface area (Å²) in [6, 6.07) is 10.7. The molecule has 0 radical (unpaired) electrons. The molecule has 0 fully saturated rings. The van der Waals surface area contributed by atoms with Crippen molar-refractivity contribution in [2.75, 3.05) is 30.8 Å². The van der Waals surface area contributed by atoms with Crippen LogP contribution >= 0.6 is 0 Å². The van der Waals surface area contributed by atoms with Gasteiger partial charge in [0, 0.05) is 42.5 Å². The molecule has 2 amide bonds. The molecule has 0 saturated heterocycles. The number of hydrogen-bond donors (Lipinski definition) is 5. The summed E-state index contributed by atoms with van der Waals surface area (Å²) >= 11 is 0. The van der Waals surface area contributed by atoms with E-state index in [-0.39, 0.29) is 18.4 Å². The van der Waals surface area contributed by atoms with Gasteiger partial charge >= 0.3 is 12.1 Å². The number of alkyl carbamates (subject to hydrolysis) is 1. The lowest BCUT2D eigenvalue weighted by Crippen LogP contribution is -2.43. The molecule has 192 valence electrons. The van der Waals surface area contributed by atoms with Gasteiger partial charge in [0.25, 0.3) is 5.91 Å². The summed E-state index contributed by atoms with van der Waals surface area (Å²) in [6.07, 6.45) is -0.256. The zero-order valence-electron chi connectivity index (χ0n) is 20.5. The predicted molar refractivity (Wildman–Crippen MR) is 136 cm³/mol. The van der Waals surface area contributed by atoms with Crippen LogP contribution in [0.4, 0.5) is 16.2 Å². The number of carboxylic acid groups (broad SMARTS) is 1. The van der Waals surface area contributed by atoms with Crippen LogP contribution in [0.25, 0.3) is 0 Å². The fourth-order valence-corrected chi connectivity index (χ4v) is 3.50. The van der Waals surface area contributed by atoms with Crippen LogP contribution in [0.5, 0.6) is 5.75 Å². The summed E-state index contributed by atoms with van der Waals surface area (Å²) in [4.78, 5) is 40.8. The SMILES string of the molecule is COc1cc(NC(=O)c2cccc(NC3=NCCCN3)c2)ccc1CC(NC(=O)OC(C)C)C(=O)O. The van der Waals surface area contributed by atoms with Gasteiger partial charge in [0.2, 0.25) is 0 Å². The summed E-state index contributed by atoms with van der Waals surface area (Å²) in [5, 5.41) is 21.0. The standard InChI is InChI=1S/C25H31N5O6/c1-15(2)36-25(34)30-20(23(32)33)13-16-8-9-19(14-21(16)35-3)28-22(31)17-6-4-7-18(12-17)29-24-26-10-5-11-27-24/h4,6-9,12,14-15,20H,5,10-11,13H2,1-3H3,(H,28,31)(H,30,34)(H,32,33)(H2,26,27,29). The molecule has 1 aliphatic heterocycles. The predicted octanol–water partition coefficient (Wildman–Crippen LogP) is 2.84. The first-order valence-electron chi connectivity index (χ1n) is 11.6. The van der Waals surface area contributed by atoms with E-state index in [0.717, 1.165) is 25.2 Å². The normalized spacial score (nSPS) is 13.6. The molecule has 1 unspecified atom stereocenters. The zero-order valence-corrected chi connectivity index (χ0v) is 20.5. The Bertz CT molecular complexity index is 1130. The van der Waals surface area contributed by atoms with Gasteiger partial charge in [-0.05, 0) is 50.1 Å². The molecule has 5 N–H and O–H groups in total. The molecule has 1 atom stereocenters. The van der Waals surface area contributed by atoms with Gasteiger partial charge in [-0.15, -0.1) is 0 Å². The van der Waals surface area contributed by atoms with Crippen molar-refractivity contribution in [1.29, 1.82) is 0 Å². The van der Waals surface area contributed by atoms with Gasteiger partial charge in [0.05, 0.1) is 13.2 Å². The minimum atomic E-state index is -1.22. The summed E-state index contributed by atoms with van der Waals surface area (Å²) < 4.78 is 10.4. The molecule has 2 aromatic rings. The molecule has 3 rings (SSSR count). The van der Waals surface area contributed by atoms with Gasteiger partial charge < -0.3 is 35.8 Å². The van der Waals surface area contributed by atoms with E-state index in [1.807, 2.05) is 6.07 Å². The highest BCUT2D eigenvalue weighted by molar-refractivity contribution is 6.05. The van der Waals surface area contributed by atoms with Gasteiger partial charge in [-0.3, -0.25) is 9.79 Å². The first-order chi connectivity index (χ1) is 17.2. The lowest BCUT2D eigenvalue weighted by molar-refractivity contribution is -0.139. The van der Waals surface area contributed by atoms with Crippen molar-refractivity contribution in [3.63, 3.8) is 0 Å². The van der Waals surface area contributed by atoms with Crippen LogP contribution in [0, 0.1) is 0 Å². The number of nitrogens with zero attached hydrogens (tertiary/aromatic N) is 1. The number of anilines is 2. The first-order valence-corrected chi connectivity index (χ1v) is 11.6. The molecule has 1 heterocycles. The number of aliphatic carboxylic acids is 1. The molecule has 0 aliphatic carbocycles. The van der Waals surface area contributed by atoms with E-state index in [2.05, 4.69) is 26.3 Å². The largest absolute Gasteiger partial charge is 0.496 e. The molecular weight excluding hydrogens is 466 g/mol. The quantitative estimate of drug-likeness (QED) is 0.355. The molecule has 0 aromatic heterocycles. The van der Waals surface area contributed by atoms with Crippen molar-refractivity contribution in [2.24, 2.45) is 4.99 Å². The van der Waals surface area contributed by atoms with E-state index in [4.69, 9.17) is 9.47 Å². The molecule has 0 spiro atoms. The Kier molecular flexibility index (Phi) is 9.09. The third kappa shape index (κ3) is 7.62. The molecular formula is C25H31N5O6. The summed E-state index contributed by atoms with van der Waals surface area (Å²) in [5.74, 6) is -0.493. The van der Waals surface area contributed by atoms with Gasteiger partial charge in [-0.2, -0.15) is 0 Å². The van der Waals surface area contributed by atoms with Crippen LogP contribution in [0.15, 0.2) is 47.5 Å². The van der Waals surface area contributed by atoms with Crippen LogP contribution in [0.1, 0.15) is 36.2 Å². The summed E-state index contributed by atoms with van der Waals surface area (Å²) in [6.45, 7) is 4.93. The molecule has 2 aromatic carbocycles. The minimum absolute atomic E-state index is 0.0361. The van der Waals surface area contributed by atoms with Gasteiger partial charge in [0.1, 0.15) is 11.8 Å². The number of rotatable bonds is 9. The van der Waals surface area contributed by atoms with E-state index in [1.54, 1.807) is 50.2 Å². The third-order valence-corrected chi connectivity index (χ3v) is 5.19. The third-order valence-electron chi connectivity index (χ3n) is 5.19. The number of ether oxygens (including phenoxy) is 2. The maximum Gasteiger partial charge on any atom is 0.408 e. The van der Waals surface area contributed by atoms with Crippen molar-refractivity contribution >= 4 is 35.3 Å². The lowest BCUT2D eigenvalue weighted by atomic mass is 10.0. The van der Waals surface area contributed by atoms with E-state index in [1.165, 1.54) is 7.11 Å². The average Bonchev–Trinajstić information content (AvgIpc) is 2.84. The van der Waals surface area contributed by atoms with Gasteiger partial charge in [0.15, 0.2) is 5.96 Å². The Morgan fingerprint density at radius 1 is 1.14 bits per heavy atom. The number of methoxy groups -OCH3 is 1. The Morgan fingerprint density at radius 2 is 1.94 bits per heavy atom. The zero-order chi connectivity index (χ0) is 26.1. The van der Waals surface area contributed by atoms with Crippen LogP contribution in [0.2, 0.25) is 0 Å². The number of aliphatic imine (C=N–C) groups is 1. The van der Waals surface area contributed by atoms with Crippen molar-refractivity contribution in [2.45, 2.75) is 38.8 Å². The molecule has 0 saturated carbocycles.